The number of hydrogen-bond donors (Lipinski definition) is 2. The minimum Gasteiger partial charge on any atom is -0.394 e. The Hall–Kier alpha value is -1.85. The molecule has 1 aromatic carbocycles. The van der Waals surface area contributed by atoms with Crippen molar-refractivity contribution in [3.63, 3.8) is 0 Å². The third-order valence-corrected chi connectivity index (χ3v) is 5.20. The van der Waals surface area contributed by atoms with Gasteiger partial charge in [-0.3, -0.25) is 9.58 Å². The van der Waals surface area contributed by atoms with Crippen molar-refractivity contribution >= 4 is 5.69 Å². The molecule has 0 aliphatic carbocycles. The van der Waals surface area contributed by atoms with Gasteiger partial charge >= 0.3 is 0 Å². The average molecular weight is 342 g/mol. The van der Waals surface area contributed by atoms with Crippen LogP contribution in [0.1, 0.15) is 35.4 Å². The fraction of sp³-hybridized carbons (Fsp3) is 0.550. The van der Waals surface area contributed by atoms with E-state index in [9.17, 15) is 0 Å². The van der Waals surface area contributed by atoms with Crippen LogP contribution in [0.3, 0.4) is 0 Å². The summed E-state index contributed by atoms with van der Waals surface area (Å²) >= 11 is 0. The summed E-state index contributed by atoms with van der Waals surface area (Å²) in [7, 11) is 0. The molecule has 0 unspecified atom stereocenters. The molecule has 0 atom stereocenters. The van der Waals surface area contributed by atoms with Crippen LogP contribution < -0.4 is 5.32 Å². The van der Waals surface area contributed by atoms with Crippen molar-refractivity contribution < 1.29 is 5.11 Å². The molecule has 2 N–H and O–H groups in total. The Balaban J connectivity index is 1.54. The van der Waals surface area contributed by atoms with Crippen molar-refractivity contribution in [1.82, 2.24) is 14.7 Å². The van der Waals surface area contributed by atoms with Gasteiger partial charge in [0.05, 0.1) is 18.8 Å². The fourth-order valence-corrected chi connectivity index (χ4v) is 3.70. The highest BCUT2D eigenvalue weighted by molar-refractivity contribution is 5.46. The third-order valence-electron chi connectivity index (χ3n) is 5.20. The van der Waals surface area contributed by atoms with Crippen molar-refractivity contribution in [1.29, 1.82) is 0 Å². The smallest absolute Gasteiger partial charge is 0.0644 e. The number of nitrogens with one attached hydrogen (secondary N) is 1. The number of nitrogens with zero attached hydrogens (tertiary/aromatic N) is 3. The lowest BCUT2D eigenvalue weighted by Gasteiger charge is -2.33. The van der Waals surface area contributed by atoms with Gasteiger partial charge in [-0.15, -0.1) is 0 Å². The standard InChI is InChI=1S/C20H30N4O/c1-15-5-4-6-19(13-15)21-18-7-9-23(10-8-18)14-20-16(2)22-24(11-12-25)17(20)3/h4-6,13,18,21,25H,7-12,14H2,1-3H3. The molecular formula is C20H30N4O. The van der Waals surface area contributed by atoms with Crippen molar-refractivity contribution in [2.45, 2.75) is 52.7 Å². The van der Waals surface area contributed by atoms with E-state index < -0.39 is 0 Å². The summed E-state index contributed by atoms with van der Waals surface area (Å²) in [6.45, 7) is 10.2. The van der Waals surface area contributed by atoms with Crippen molar-refractivity contribution in [3.05, 3.63) is 46.8 Å². The van der Waals surface area contributed by atoms with E-state index in [1.54, 1.807) is 0 Å². The number of anilines is 1. The molecule has 1 aliphatic heterocycles. The minimum atomic E-state index is 0.136. The second-order valence-corrected chi connectivity index (χ2v) is 7.16. The SMILES string of the molecule is Cc1cccc(NC2CCN(Cc3c(C)nn(CCO)c3C)CC2)c1. The highest BCUT2D eigenvalue weighted by Crippen LogP contribution is 2.21. The van der Waals surface area contributed by atoms with Gasteiger partial charge in [-0.05, 0) is 51.3 Å². The molecule has 0 bridgehead atoms. The Kier molecular flexibility index (Phi) is 5.76. The lowest BCUT2D eigenvalue weighted by atomic mass is 10.0. The molecule has 0 radical (unpaired) electrons. The molecule has 2 heterocycles. The summed E-state index contributed by atoms with van der Waals surface area (Å²) in [6, 6.07) is 9.17. The van der Waals surface area contributed by atoms with E-state index in [2.05, 4.69) is 60.4 Å². The molecule has 1 aromatic heterocycles. The summed E-state index contributed by atoms with van der Waals surface area (Å²) < 4.78 is 1.93. The maximum atomic E-state index is 9.15. The van der Waals surface area contributed by atoms with Crippen LogP contribution in [0.25, 0.3) is 0 Å². The molecule has 0 saturated carbocycles. The average Bonchev–Trinajstić information content (AvgIpc) is 2.85. The molecule has 136 valence electrons. The van der Waals surface area contributed by atoms with Gasteiger partial charge in [0.2, 0.25) is 0 Å². The Bertz CT molecular complexity index is 702. The quantitative estimate of drug-likeness (QED) is 0.848. The van der Waals surface area contributed by atoms with Crippen LogP contribution in [-0.4, -0.2) is 45.5 Å². The molecule has 2 aromatic rings. The van der Waals surface area contributed by atoms with E-state index in [0.717, 1.165) is 38.2 Å². The first-order chi connectivity index (χ1) is 12.1. The van der Waals surface area contributed by atoms with E-state index in [0.29, 0.717) is 12.6 Å². The second kappa shape index (κ2) is 8.02. The van der Waals surface area contributed by atoms with Gasteiger partial charge in [0.15, 0.2) is 0 Å². The van der Waals surface area contributed by atoms with Gasteiger partial charge in [-0.2, -0.15) is 5.10 Å². The number of rotatable bonds is 6. The molecule has 1 saturated heterocycles. The molecule has 5 nitrogen and oxygen atoms in total. The number of hydrogen-bond acceptors (Lipinski definition) is 4. The predicted octanol–water partition coefficient (Wildman–Crippen LogP) is 2.88. The van der Waals surface area contributed by atoms with Gasteiger partial charge < -0.3 is 10.4 Å². The van der Waals surface area contributed by atoms with Crippen LogP contribution in [-0.2, 0) is 13.1 Å². The zero-order valence-corrected chi connectivity index (χ0v) is 15.6. The topological polar surface area (TPSA) is 53.3 Å². The summed E-state index contributed by atoms with van der Waals surface area (Å²) in [5.74, 6) is 0. The molecule has 25 heavy (non-hydrogen) atoms. The van der Waals surface area contributed by atoms with Crippen molar-refractivity contribution in [3.8, 4) is 0 Å². The Labute approximate surface area is 150 Å². The molecule has 5 heteroatoms. The van der Waals surface area contributed by atoms with Crippen LogP contribution >= 0.6 is 0 Å². The first-order valence-corrected chi connectivity index (χ1v) is 9.26. The highest BCUT2D eigenvalue weighted by Gasteiger charge is 2.21. The van der Waals surface area contributed by atoms with Crippen LogP contribution in [0.15, 0.2) is 24.3 Å². The number of likely N-dealkylation sites (tertiary alicyclic amines) is 1. The highest BCUT2D eigenvalue weighted by atomic mass is 16.3. The minimum absolute atomic E-state index is 0.136. The maximum Gasteiger partial charge on any atom is 0.0644 e. The van der Waals surface area contributed by atoms with Crippen molar-refractivity contribution in [2.75, 3.05) is 25.0 Å². The Morgan fingerprint density at radius 1 is 1.20 bits per heavy atom. The third kappa shape index (κ3) is 4.41. The second-order valence-electron chi connectivity index (χ2n) is 7.16. The number of piperidine rings is 1. The monoisotopic (exact) mass is 342 g/mol. The zero-order valence-electron chi connectivity index (χ0n) is 15.6. The molecular weight excluding hydrogens is 312 g/mol. The Morgan fingerprint density at radius 2 is 1.96 bits per heavy atom. The largest absolute Gasteiger partial charge is 0.394 e. The molecule has 3 rings (SSSR count). The van der Waals surface area contributed by atoms with Gasteiger partial charge in [0, 0.05) is 42.6 Å². The van der Waals surface area contributed by atoms with Gasteiger partial charge in [0.1, 0.15) is 0 Å². The number of aliphatic hydroxyl groups excluding tert-OH is 1. The molecule has 1 aliphatic rings. The van der Waals surface area contributed by atoms with Crippen LogP contribution in [0.4, 0.5) is 5.69 Å². The number of aliphatic hydroxyl groups is 1. The van der Waals surface area contributed by atoms with Crippen LogP contribution in [0, 0.1) is 20.8 Å². The Morgan fingerprint density at radius 3 is 2.64 bits per heavy atom. The van der Waals surface area contributed by atoms with Gasteiger partial charge in [-0.25, -0.2) is 0 Å². The van der Waals surface area contributed by atoms with Crippen molar-refractivity contribution in [2.24, 2.45) is 0 Å². The lowest BCUT2D eigenvalue weighted by molar-refractivity contribution is 0.210. The first kappa shape index (κ1) is 18.0. The van der Waals surface area contributed by atoms with E-state index >= 15 is 0 Å². The van der Waals surface area contributed by atoms with E-state index in [4.69, 9.17) is 5.11 Å². The molecule has 0 amide bonds. The predicted molar refractivity (Wildman–Crippen MR) is 102 cm³/mol. The summed E-state index contributed by atoms with van der Waals surface area (Å²) in [5.41, 5.74) is 6.12. The van der Waals surface area contributed by atoms with Gasteiger partial charge in [0.25, 0.3) is 0 Å². The maximum absolute atomic E-state index is 9.15. The summed E-state index contributed by atoms with van der Waals surface area (Å²) in [4.78, 5) is 2.52. The zero-order chi connectivity index (χ0) is 17.8. The first-order valence-electron chi connectivity index (χ1n) is 9.26. The summed E-state index contributed by atoms with van der Waals surface area (Å²) in [5, 5.41) is 17.4. The van der Waals surface area contributed by atoms with Crippen LogP contribution in [0.2, 0.25) is 0 Å². The van der Waals surface area contributed by atoms with Gasteiger partial charge in [-0.1, -0.05) is 12.1 Å². The fourth-order valence-electron chi connectivity index (χ4n) is 3.70. The molecule has 1 fully saturated rings. The number of aromatic nitrogens is 2. The normalized spacial score (nSPS) is 16.3. The van der Waals surface area contributed by atoms with Crippen LogP contribution in [0.5, 0.6) is 0 Å². The van der Waals surface area contributed by atoms with E-state index in [-0.39, 0.29) is 6.61 Å². The van der Waals surface area contributed by atoms with E-state index in [1.807, 2.05) is 4.68 Å². The van der Waals surface area contributed by atoms with E-state index in [1.165, 1.54) is 22.5 Å². The molecule has 0 spiro atoms. The lowest BCUT2D eigenvalue weighted by Crippen LogP contribution is -2.38. The number of aryl methyl sites for hydroxylation is 2. The summed E-state index contributed by atoms with van der Waals surface area (Å²) in [6.07, 6.45) is 2.33. The number of benzene rings is 1.